The van der Waals surface area contributed by atoms with Gasteiger partial charge in [0.15, 0.2) is 0 Å². The lowest BCUT2D eigenvalue weighted by atomic mass is 10.0. The molecule has 1 aromatic heterocycles. The average molecular weight is 507 g/mol. The van der Waals surface area contributed by atoms with E-state index in [1.807, 2.05) is 0 Å². The molecule has 3 aromatic rings. The quantitative estimate of drug-likeness (QED) is 0.160. The first-order valence-electron chi connectivity index (χ1n) is 15.5. The van der Waals surface area contributed by atoms with Gasteiger partial charge in [-0.25, -0.2) is 0 Å². The molecule has 0 spiro atoms. The summed E-state index contributed by atoms with van der Waals surface area (Å²) < 4.78 is 6.44. The Kier molecular flexibility index (Phi) is 12.2. The largest absolute Gasteiger partial charge is 0.456 e. The first-order chi connectivity index (χ1) is 18.0. The van der Waals surface area contributed by atoms with E-state index < -0.39 is 0 Å². The number of hydrogen-bond acceptors (Lipinski definition) is 3. The van der Waals surface area contributed by atoms with Gasteiger partial charge in [0.05, 0.1) is 0 Å². The third kappa shape index (κ3) is 7.91. The summed E-state index contributed by atoms with van der Waals surface area (Å²) in [5.41, 5.74) is 7.51. The molecule has 0 bridgehead atoms. The van der Waals surface area contributed by atoms with Gasteiger partial charge < -0.3 is 14.2 Å². The van der Waals surface area contributed by atoms with E-state index in [1.165, 1.54) is 110 Å². The Morgan fingerprint density at radius 2 is 0.811 bits per heavy atom. The molecule has 0 saturated heterocycles. The van der Waals surface area contributed by atoms with E-state index in [2.05, 4.69) is 75.6 Å². The second-order valence-electron chi connectivity index (χ2n) is 11.2. The van der Waals surface area contributed by atoms with Crippen LogP contribution in [-0.2, 0) is 0 Å². The van der Waals surface area contributed by atoms with Crippen molar-refractivity contribution in [1.82, 2.24) is 0 Å². The van der Waals surface area contributed by atoms with Crippen molar-refractivity contribution in [2.45, 2.75) is 119 Å². The van der Waals surface area contributed by atoms with Crippen LogP contribution in [0.2, 0.25) is 0 Å². The zero-order valence-corrected chi connectivity index (χ0v) is 24.9. The fourth-order valence-corrected chi connectivity index (χ4v) is 5.65. The van der Waals surface area contributed by atoms with Gasteiger partial charge >= 0.3 is 0 Å². The summed E-state index contributed by atoms with van der Waals surface area (Å²) in [4.78, 5) is 5.30. The smallest absolute Gasteiger partial charge is 0.135 e. The van der Waals surface area contributed by atoms with Crippen LogP contribution in [0.3, 0.4) is 0 Å². The van der Waals surface area contributed by atoms with Gasteiger partial charge in [-0.1, -0.05) is 79.1 Å². The monoisotopic (exact) mass is 506 g/mol. The standard InChI is InChI=1S/C34H54N2O/c1-7-11-15-19-35(20-16-12-8-2)31-25-29-30-26-32(36(21-17-13-9-3)22-18-14-10-4)28(6)24-34(30)37-33(29)23-27(31)5/h23-26H,7-22H2,1-6H3. The number of hydrogen-bond donors (Lipinski definition) is 0. The number of fused-ring (bicyclic) bond motifs is 3. The number of furan rings is 1. The SMILES string of the molecule is CCCCCN(CCCCC)c1cc2c(cc1C)oc1cc(C)c(N(CCCCC)CCCCC)cc12. The minimum absolute atomic E-state index is 1.03. The third-order valence-corrected chi connectivity index (χ3v) is 7.91. The van der Waals surface area contributed by atoms with E-state index >= 15 is 0 Å². The van der Waals surface area contributed by atoms with Crippen LogP contribution in [0.1, 0.15) is 116 Å². The molecule has 0 amide bonds. The molecule has 2 aromatic carbocycles. The first kappa shape index (κ1) is 29.4. The van der Waals surface area contributed by atoms with Crippen LogP contribution in [0, 0.1) is 13.8 Å². The molecule has 0 fully saturated rings. The van der Waals surface area contributed by atoms with Crippen molar-refractivity contribution in [3.63, 3.8) is 0 Å². The molecule has 3 rings (SSSR count). The van der Waals surface area contributed by atoms with Crippen LogP contribution in [0.4, 0.5) is 11.4 Å². The lowest BCUT2D eigenvalue weighted by Gasteiger charge is -2.27. The molecule has 0 aliphatic heterocycles. The highest BCUT2D eigenvalue weighted by Gasteiger charge is 2.17. The normalized spacial score (nSPS) is 11.6. The van der Waals surface area contributed by atoms with Gasteiger partial charge in [0, 0.05) is 48.3 Å². The first-order valence-corrected chi connectivity index (χ1v) is 15.5. The molecule has 37 heavy (non-hydrogen) atoms. The van der Waals surface area contributed by atoms with Crippen LogP contribution >= 0.6 is 0 Å². The molecule has 0 atom stereocenters. The Morgan fingerprint density at radius 3 is 1.11 bits per heavy atom. The van der Waals surface area contributed by atoms with E-state index in [1.54, 1.807) is 0 Å². The number of aryl methyl sites for hydroxylation is 2. The fourth-order valence-electron chi connectivity index (χ4n) is 5.65. The van der Waals surface area contributed by atoms with Crippen LogP contribution in [-0.4, -0.2) is 26.2 Å². The van der Waals surface area contributed by atoms with E-state index in [4.69, 9.17) is 4.42 Å². The Balaban J connectivity index is 2.01. The summed E-state index contributed by atoms with van der Waals surface area (Å²) in [6, 6.07) is 9.44. The Hall–Kier alpha value is -2.16. The average Bonchev–Trinajstić information content (AvgIpc) is 3.22. The molecule has 0 unspecified atom stereocenters. The van der Waals surface area contributed by atoms with Crippen molar-refractivity contribution in [2.75, 3.05) is 36.0 Å². The van der Waals surface area contributed by atoms with Crippen LogP contribution in [0.5, 0.6) is 0 Å². The van der Waals surface area contributed by atoms with Crippen molar-refractivity contribution >= 4 is 33.3 Å². The zero-order valence-electron chi connectivity index (χ0n) is 24.9. The number of nitrogens with zero attached hydrogens (tertiary/aromatic N) is 2. The van der Waals surface area contributed by atoms with Crippen LogP contribution in [0.15, 0.2) is 28.7 Å². The van der Waals surface area contributed by atoms with Gasteiger partial charge in [-0.3, -0.25) is 0 Å². The van der Waals surface area contributed by atoms with Crippen molar-refractivity contribution in [3.8, 4) is 0 Å². The molecule has 0 aliphatic carbocycles. The van der Waals surface area contributed by atoms with Gasteiger partial charge in [0.1, 0.15) is 11.2 Å². The van der Waals surface area contributed by atoms with Crippen LogP contribution in [0.25, 0.3) is 21.9 Å². The number of anilines is 2. The summed E-state index contributed by atoms with van der Waals surface area (Å²) in [6.07, 6.45) is 15.3. The highest BCUT2D eigenvalue weighted by molar-refractivity contribution is 6.08. The molecular weight excluding hydrogens is 452 g/mol. The fraction of sp³-hybridized carbons (Fsp3) is 0.647. The molecule has 206 valence electrons. The number of rotatable bonds is 18. The lowest BCUT2D eigenvalue weighted by molar-refractivity contribution is 0.635. The molecule has 0 saturated carbocycles. The molecule has 0 radical (unpaired) electrons. The predicted octanol–water partition coefficient (Wildman–Crippen LogP) is 10.6. The number of benzene rings is 2. The summed E-state index contributed by atoms with van der Waals surface area (Å²) in [5.74, 6) is 0. The predicted molar refractivity (Wildman–Crippen MR) is 166 cm³/mol. The summed E-state index contributed by atoms with van der Waals surface area (Å²) in [5, 5.41) is 2.55. The summed E-state index contributed by atoms with van der Waals surface area (Å²) in [7, 11) is 0. The summed E-state index contributed by atoms with van der Waals surface area (Å²) in [6.45, 7) is 18.3. The molecule has 3 nitrogen and oxygen atoms in total. The third-order valence-electron chi connectivity index (χ3n) is 7.91. The maximum absolute atomic E-state index is 6.44. The highest BCUT2D eigenvalue weighted by atomic mass is 16.3. The molecule has 3 heteroatoms. The molecular formula is C34H54N2O. The van der Waals surface area contributed by atoms with Gasteiger partial charge in [-0.15, -0.1) is 0 Å². The molecule has 0 aliphatic rings. The van der Waals surface area contributed by atoms with Gasteiger partial charge in [-0.05, 0) is 74.9 Å². The van der Waals surface area contributed by atoms with Gasteiger partial charge in [0.2, 0.25) is 0 Å². The second kappa shape index (κ2) is 15.3. The Labute approximate surface area is 227 Å². The van der Waals surface area contributed by atoms with Crippen LogP contribution < -0.4 is 9.80 Å². The maximum Gasteiger partial charge on any atom is 0.135 e. The lowest BCUT2D eigenvalue weighted by Crippen LogP contribution is -2.26. The maximum atomic E-state index is 6.44. The van der Waals surface area contributed by atoms with Crippen molar-refractivity contribution < 1.29 is 4.42 Å². The Morgan fingerprint density at radius 1 is 0.486 bits per heavy atom. The summed E-state index contributed by atoms with van der Waals surface area (Å²) >= 11 is 0. The molecule has 0 N–H and O–H groups in total. The minimum atomic E-state index is 1.03. The topological polar surface area (TPSA) is 19.6 Å². The minimum Gasteiger partial charge on any atom is -0.456 e. The number of unbranched alkanes of at least 4 members (excludes halogenated alkanes) is 8. The van der Waals surface area contributed by atoms with Crippen molar-refractivity contribution in [2.24, 2.45) is 0 Å². The van der Waals surface area contributed by atoms with Gasteiger partial charge in [-0.2, -0.15) is 0 Å². The van der Waals surface area contributed by atoms with E-state index in [0.29, 0.717) is 0 Å². The van der Waals surface area contributed by atoms with Crippen molar-refractivity contribution in [1.29, 1.82) is 0 Å². The van der Waals surface area contributed by atoms with Crippen molar-refractivity contribution in [3.05, 3.63) is 35.4 Å². The van der Waals surface area contributed by atoms with E-state index in [9.17, 15) is 0 Å². The molecule has 1 heterocycles. The van der Waals surface area contributed by atoms with E-state index in [-0.39, 0.29) is 0 Å². The van der Waals surface area contributed by atoms with E-state index in [0.717, 1.165) is 37.3 Å². The second-order valence-corrected chi connectivity index (χ2v) is 11.2. The van der Waals surface area contributed by atoms with Gasteiger partial charge in [0.25, 0.3) is 0 Å². The Bertz CT molecular complexity index is 978. The highest BCUT2D eigenvalue weighted by Crippen LogP contribution is 2.38. The zero-order chi connectivity index (χ0) is 26.6.